The number of nitrogens with zero attached hydrogens (tertiary/aromatic N) is 1. The lowest BCUT2D eigenvalue weighted by Gasteiger charge is -2.24. The number of carbonyl (C=O) groups is 1. The van der Waals surface area contributed by atoms with Crippen molar-refractivity contribution >= 4 is 27.3 Å². The Morgan fingerprint density at radius 2 is 1.88 bits per heavy atom. The van der Waals surface area contributed by atoms with Gasteiger partial charge in [0.25, 0.3) is 0 Å². The second kappa shape index (κ2) is 7.69. The molecule has 0 heterocycles. The molecular weight excluding hydrogens is 366 g/mol. The standard InChI is InChI=1S/C17H18F2N2O4S/c1-11-4-7-16(25-2)15(8-11)21(26(3,23)24)10-17(22)20-14-6-5-12(18)9-13(14)19/h4-9H,10H2,1-3H3,(H,20,22). The highest BCUT2D eigenvalue weighted by atomic mass is 32.2. The number of ether oxygens (including phenoxy) is 1. The molecule has 0 spiro atoms. The fraction of sp³-hybridized carbons (Fsp3) is 0.235. The minimum Gasteiger partial charge on any atom is -0.495 e. The number of benzene rings is 2. The molecule has 0 saturated heterocycles. The van der Waals surface area contributed by atoms with Crippen LogP contribution in [0.5, 0.6) is 5.75 Å². The summed E-state index contributed by atoms with van der Waals surface area (Å²) < 4.78 is 57.0. The van der Waals surface area contributed by atoms with Crippen molar-refractivity contribution in [1.29, 1.82) is 0 Å². The Kier molecular flexibility index (Phi) is 5.81. The molecule has 0 unspecified atom stereocenters. The van der Waals surface area contributed by atoms with Crippen LogP contribution in [0.4, 0.5) is 20.2 Å². The third kappa shape index (κ3) is 4.69. The molecule has 0 aliphatic heterocycles. The van der Waals surface area contributed by atoms with E-state index in [-0.39, 0.29) is 17.1 Å². The van der Waals surface area contributed by atoms with Crippen LogP contribution in [0.2, 0.25) is 0 Å². The molecule has 0 radical (unpaired) electrons. The average molecular weight is 384 g/mol. The number of hydrogen-bond donors (Lipinski definition) is 1. The fourth-order valence-corrected chi connectivity index (χ4v) is 3.14. The Labute approximate surface area is 150 Å². The zero-order valence-corrected chi connectivity index (χ0v) is 15.2. The topological polar surface area (TPSA) is 75.7 Å². The zero-order valence-electron chi connectivity index (χ0n) is 14.4. The van der Waals surface area contributed by atoms with Crippen LogP contribution < -0.4 is 14.4 Å². The van der Waals surface area contributed by atoms with Gasteiger partial charge in [-0.3, -0.25) is 9.10 Å². The number of hydrogen-bond acceptors (Lipinski definition) is 4. The van der Waals surface area contributed by atoms with Crippen molar-refractivity contribution in [1.82, 2.24) is 0 Å². The largest absolute Gasteiger partial charge is 0.495 e. The van der Waals surface area contributed by atoms with Gasteiger partial charge in [-0.05, 0) is 36.8 Å². The van der Waals surface area contributed by atoms with Gasteiger partial charge in [-0.2, -0.15) is 0 Å². The van der Waals surface area contributed by atoms with Gasteiger partial charge in [0.15, 0.2) is 0 Å². The monoisotopic (exact) mass is 384 g/mol. The fourth-order valence-electron chi connectivity index (χ4n) is 2.29. The summed E-state index contributed by atoms with van der Waals surface area (Å²) >= 11 is 0. The number of anilines is 2. The van der Waals surface area contributed by atoms with Crippen molar-refractivity contribution in [3.05, 3.63) is 53.6 Å². The molecule has 140 valence electrons. The molecular formula is C17H18F2N2O4S. The number of carbonyl (C=O) groups excluding carboxylic acids is 1. The van der Waals surface area contributed by atoms with Crippen LogP contribution in [-0.2, 0) is 14.8 Å². The van der Waals surface area contributed by atoms with Gasteiger partial charge in [0.1, 0.15) is 23.9 Å². The first kappa shape index (κ1) is 19.6. The molecule has 0 saturated carbocycles. The summed E-state index contributed by atoms with van der Waals surface area (Å²) in [5.74, 6) is -2.27. The molecule has 1 amide bonds. The van der Waals surface area contributed by atoms with Gasteiger partial charge < -0.3 is 10.1 Å². The maximum atomic E-state index is 13.7. The number of rotatable bonds is 6. The first-order valence-electron chi connectivity index (χ1n) is 7.49. The van der Waals surface area contributed by atoms with Crippen LogP contribution in [0.3, 0.4) is 0 Å². The number of nitrogens with one attached hydrogen (secondary N) is 1. The summed E-state index contributed by atoms with van der Waals surface area (Å²) in [5.41, 5.74) is 0.699. The van der Waals surface area contributed by atoms with E-state index in [1.54, 1.807) is 25.1 Å². The summed E-state index contributed by atoms with van der Waals surface area (Å²) in [6, 6.07) is 7.54. The smallest absolute Gasteiger partial charge is 0.245 e. The number of sulfonamides is 1. The van der Waals surface area contributed by atoms with E-state index in [0.717, 1.165) is 28.3 Å². The summed E-state index contributed by atoms with van der Waals surface area (Å²) in [5, 5.41) is 2.23. The molecule has 0 fully saturated rings. The van der Waals surface area contributed by atoms with Gasteiger partial charge in [0.05, 0.1) is 24.7 Å². The van der Waals surface area contributed by atoms with E-state index >= 15 is 0 Å². The minimum atomic E-state index is -3.83. The Balaban J connectivity index is 2.32. The van der Waals surface area contributed by atoms with Crippen molar-refractivity contribution < 1.29 is 26.7 Å². The van der Waals surface area contributed by atoms with Crippen molar-refractivity contribution in [3.63, 3.8) is 0 Å². The second-order valence-corrected chi connectivity index (χ2v) is 7.52. The van der Waals surface area contributed by atoms with Crippen molar-refractivity contribution in [2.24, 2.45) is 0 Å². The van der Waals surface area contributed by atoms with Crippen molar-refractivity contribution in [2.75, 3.05) is 29.5 Å². The van der Waals surface area contributed by atoms with Gasteiger partial charge in [-0.25, -0.2) is 17.2 Å². The van der Waals surface area contributed by atoms with Gasteiger partial charge in [-0.1, -0.05) is 6.07 Å². The predicted octanol–water partition coefficient (Wildman–Crippen LogP) is 2.69. The molecule has 6 nitrogen and oxygen atoms in total. The number of amides is 1. The van der Waals surface area contributed by atoms with E-state index < -0.39 is 34.1 Å². The second-order valence-electron chi connectivity index (χ2n) is 5.62. The molecule has 0 aliphatic carbocycles. The first-order chi connectivity index (χ1) is 12.1. The molecule has 0 aromatic heterocycles. The zero-order chi connectivity index (χ0) is 19.5. The highest BCUT2D eigenvalue weighted by molar-refractivity contribution is 7.92. The molecule has 9 heteroatoms. The lowest BCUT2D eigenvalue weighted by molar-refractivity contribution is -0.114. The predicted molar refractivity (Wildman–Crippen MR) is 94.9 cm³/mol. The molecule has 2 aromatic carbocycles. The van der Waals surface area contributed by atoms with Gasteiger partial charge in [0, 0.05) is 6.07 Å². The van der Waals surface area contributed by atoms with E-state index in [9.17, 15) is 22.0 Å². The van der Waals surface area contributed by atoms with Gasteiger partial charge in [-0.15, -0.1) is 0 Å². The number of methoxy groups -OCH3 is 1. The van der Waals surface area contributed by atoms with Crippen molar-refractivity contribution in [2.45, 2.75) is 6.92 Å². The van der Waals surface area contributed by atoms with Crippen molar-refractivity contribution in [3.8, 4) is 5.75 Å². The van der Waals surface area contributed by atoms with E-state index in [4.69, 9.17) is 4.74 Å². The van der Waals surface area contributed by atoms with Crippen LogP contribution >= 0.6 is 0 Å². The number of halogens is 2. The molecule has 26 heavy (non-hydrogen) atoms. The summed E-state index contributed by atoms with van der Waals surface area (Å²) in [7, 11) is -2.46. The molecule has 0 atom stereocenters. The molecule has 2 aromatic rings. The third-order valence-corrected chi connectivity index (χ3v) is 4.62. The maximum Gasteiger partial charge on any atom is 0.245 e. The van der Waals surface area contributed by atoms with Gasteiger partial charge >= 0.3 is 0 Å². The highest BCUT2D eigenvalue weighted by Crippen LogP contribution is 2.31. The lowest BCUT2D eigenvalue weighted by atomic mass is 10.2. The molecule has 2 rings (SSSR count). The quantitative estimate of drug-likeness (QED) is 0.831. The highest BCUT2D eigenvalue weighted by Gasteiger charge is 2.24. The SMILES string of the molecule is COc1ccc(C)cc1N(CC(=O)Nc1ccc(F)cc1F)S(C)(=O)=O. The Morgan fingerprint density at radius 1 is 1.19 bits per heavy atom. The van der Waals surface area contributed by atoms with E-state index in [2.05, 4.69) is 5.32 Å². The summed E-state index contributed by atoms with van der Waals surface area (Å²) in [6.45, 7) is 1.16. The van der Waals surface area contributed by atoms with Crippen LogP contribution in [0, 0.1) is 18.6 Å². The van der Waals surface area contributed by atoms with E-state index in [0.29, 0.717) is 6.07 Å². The lowest BCUT2D eigenvalue weighted by Crippen LogP contribution is -2.37. The first-order valence-corrected chi connectivity index (χ1v) is 9.34. The minimum absolute atomic E-state index is 0.185. The van der Waals surface area contributed by atoms with Gasteiger partial charge in [0.2, 0.25) is 15.9 Å². The Bertz CT molecular complexity index is 932. The Morgan fingerprint density at radius 3 is 2.46 bits per heavy atom. The van der Waals surface area contributed by atoms with Crippen LogP contribution in [0.1, 0.15) is 5.56 Å². The molecule has 0 bridgehead atoms. The Hall–Kier alpha value is -2.68. The van der Waals surface area contributed by atoms with Crippen LogP contribution in [0.15, 0.2) is 36.4 Å². The van der Waals surface area contributed by atoms with Crippen LogP contribution in [0.25, 0.3) is 0 Å². The molecule has 1 N–H and O–H groups in total. The van der Waals surface area contributed by atoms with E-state index in [1.807, 2.05) is 0 Å². The molecule has 0 aliphatic rings. The van der Waals surface area contributed by atoms with E-state index in [1.165, 1.54) is 7.11 Å². The third-order valence-electron chi connectivity index (χ3n) is 3.50. The maximum absolute atomic E-state index is 13.7. The summed E-state index contributed by atoms with van der Waals surface area (Å²) in [6.07, 6.45) is 0.945. The number of aryl methyl sites for hydroxylation is 1. The normalized spacial score (nSPS) is 11.1. The summed E-state index contributed by atoms with van der Waals surface area (Å²) in [4.78, 5) is 12.2. The van der Waals surface area contributed by atoms with Crippen LogP contribution in [-0.4, -0.2) is 34.2 Å². The average Bonchev–Trinajstić information content (AvgIpc) is 2.54.